The molecule has 1 aliphatic rings. The van der Waals surface area contributed by atoms with E-state index in [9.17, 15) is 8.42 Å². The van der Waals surface area contributed by atoms with Crippen LogP contribution in [0, 0.1) is 5.92 Å². The summed E-state index contributed by atoms with van der Waals surface area (Å²) in [5.41, 5.74) is 0. The van der Waals surface area contributed by atoms with E-state index >= 15 is 0 Å². The molecule has 108 valence electrons. The minimum Gasteiger partial charge on any atom is -0.317 e. The molecule has 0 atom stereocenters. The first-order chi connectivity index (χ1) is 8.58. The molecule has 6 heteroatoms. The molecule has 0 radical (unpaired) electrons. The molecular formula is C13H19Cl2NO2S. The molecule has 1 aromatic carbocycles. The van der Waals surface area contributed by atoms with Crippen LogP contribution in [0.1, 0.15) is 19.3 Å². The van der Waals surface area contributed by atoms with Gasteiger partial charge in [-0.3, -0.25) is 0 Å². The zero-order valence-electron chi connectivity index (χ0n) is 10.6. The summed E-state index contributed by atoms with van der Waals surface area (Å²) in [5.74, 6) is 0.771. The molecule has 19 heavy (non-hydrogen) atoms. The van der Waals surface area contributed by atoms with Gasteiger partial charge < -0.3 is 5.32 Å². The molecule has 1 aliphatic heterocycles. The number of sulfone groups is 1. The van der Waals surface area contributed by atoms with Gasteiger partial charge in [-0.2, -0.15) is 0 Å². The van der Waals surface area contributed by atoms with Crippen LogP contribution in [0.25, 0.3) is 0 Å². The predicted molar refractivity (Wildman–Crippen MR) is 81.0 cm³/mol. The van der Waals surface area contributed by atoms with Crippen LogP contribution >= 0.6 is 24.0 Å². The van der Waals surface area contributed by atoms with E-state index in [2.05, 4.69) is 5.32 Å². The van der Waals surface area contributed by atoms with Crippen LogP contribution in [0.3, 0.4) is 0 Å². The van der Waals surface area contributed by atoms with Gasteiger partial charge in [0.15, 0.2) is 9.84 Å². The Bertz CT molecular complexity index is 482. The van der Waals surface area contributed by atoms with Gasteiger partial charge in [-0.25, -0.2) is 8.42 Å². The van der Waals surface area contributed by atoms with E-state index in [0.29, 0.717) is 15.8 Å². The molecule has 0 unspecified atom stereocenters. The highest BCUT2D eigenvalue weighted by Gasteiger charge is 2.19. The van der Waals surface area contributed by atoms with Gasteiger partial charge in [0.2, 0.25) is 0 Å². The van der Waals surface area contributed by atoms with Gasteiger partial charge in [0.1, 0.15) is 0 Å². The lowest BCUT2D eigenvalue weighted by Crippen LogP contribution is -2.28. The Morgan fingerprint density at radius 3 is 2.32 bits per heavy atom. The summed E-state index contributed by atoms with van der Waals surface area (Å²) in [7, 11) is -3.16. The third-order valence-electron chi connectivity index (χ3n) is 3.43. The molecular weight excluding hydrogens is 305 g/mol. The van der Waals surface area contributed by atoms with E-state index in [1.165, 1.54) is 0 Å². The molecule has 2 rings (SSSR count). The fourth-order valence-corrected chi connectivity index (χ4v) is 3.81. The van der Waals surface area contributed by atoms with Crippen LogP contribution in [0.2, 0.25) is 5.02 Å². The van der Waals surface area contributed by atoms with Crippen molar-refractivity contribution in [2.45, 2.75) is 24.2 Å². The van der Waals surface area contributed by atoms with Crippen molar-refractivity contribution in [1.82, 2.24) is 5.32 Å². The number of benzene rings is 1. The molecule has 0 bridgehead atoms. The highest BCUT2D eigenvalue weighted by molar-refractivity contribution is 7.91. The van der Waals surface area contributed by atoms with Crippen molar-refractivity contribution in [3.05, 3.63) is 29.3 Å². The van der Waals surface area contributed by atoms with E-state index in [1.807, 2.05) is 0 Å². The Kier molecular flexibility index (Phi) is 6.60. The van der Waals surface area contributed by atoms with Crippen molar-refractivity contribution in [2.24, 2.45) is 5.92 Å². The lowest BCUT2D eigenvalue weighted by atomic mass is 9.96. The van der Waals surface area contributed by atoms with Crippen LogP contribution in [0.5, 0.6) is 0 Å². The highest BCUT2D eigenvalue weighted by Crippen LogP contribution is 2.21. The van der Waals surface area contributed by atoms with Crippen molar-refractivity contribution in [1.29, 1.82) is 0 Å². The molecule has 3 nitrogen and oxygen atoms in total. The van der Waals surface area contributed by atoms with E-state index in [-0.39, 0.29) is 18.2 Å². The summed E-state index contributed by atoms with van der Waals surface area (Å²) >= 11 is 5.76. The minimum absolute atomic E-state index is 0. The van der Waals surface area contributed by atoms with Crippen molar-refractivity contribution in [3.63, 3.8) is 0 Å². The molecule has 0 saturated carbocycles. The second-order valence-electron chi connectivity index (χ2n) is 4.75. The van der Waals surface area contributed by atoms with Gasteiger partial charge in [0.05, 0.1) is 10.6 Å². The summed E-state index contributed by atoms with van der Waals surface area (Å²) < 4.78 is 24.3. The summed E-state index contributed by atoms with van der Waals surface area (Å²) in [5, 5.41) is 3.85. The minimum atomic E-state index is -3.16. The predicted octanol–water partition coefficient (Wildman–Crippen LogP) is 2.93. The molecule has 0 aromatic heterocycles. The standard InChI is InChI=1S/C13H18ClNO2S.ClH/c14-12-1-3-13(4-2-12)18(16,17)10-7-11-5-8-15-9-6-11;/h1-4,11,15H,5-10H2;1H. The van der Waals surface area contributed by atoms with Gasteiger partial charge >= 0.3 is 0 Å². The summed E-state index contributed by atoms with van der Waals surface area (Å²) in [6.45, 7) is 2.01. The monoisotopic (exact) mass is 323 g/mol. The quantitative estimate of drug-likeness (QED) is 0.926. The smallest absolute Gasteiger partial charge is 0.178 e. The fraction of sp³-hybridized carbons (Fsp3) is 0.538. The van der Waals surface area contributed by atoms with Crippen LogP contribution in [-0.2, 0) is 9.84 Å². The van der Waals surface area contributed by atoms with Gasteiger partial charge in [-0.05, 0) is 62.5 Å². The number of hydrogen-bond acceptors (Lipinski definition) is 3. The maximum atomic E-state index is 12.1. The van der Waals surface area contributed by atoms with Crippen molar-refractivity contribution in [3.8, 4) is 0 Å². The second kappa shape index (κ2) is 7.48. The first-order valence-electron chi connectivity index (χ1n) is 6.27. The van der Waals surface area contributed by atoms with Crippen LogP contribution in [0.4, 0.5) is 0 Å². The number of piperidine rings is 1. The first kappa shape index (κ1) is 16.8. The summed E-state index contributed by atoms with van der Waals surface area (Å²) in [4.78, 5) is 0.376. The van der Waals surface area contributed by atoms with E-state index in [4.69, 9.17) is 11.6 Å². The third kappa shape index (κ3) is 4.95. The van der Waals surface area contributed by atoms with E-state index < -0.39 is 9.84 Å². The van der Waals surface area contributed by atoms with Crippen LogP contribution in [-0.4, -0.2) is 27.3 Å². The zero-order valence-corrected chi connectivity index (χ0v) is 13.0. The Morgan fingerprint density at radius 2 is 1.74 bits per heavy atom. The molecule has 0 spiro atoms. The van der Waals surface area contributed by atoms with E-state index in [0.717, 1.165) is 32.4 Å². The molecule has 0 amide bonds. The van der Waals surface area contributed by atoms with Crippen molar-refractivity contribution >= 4 is 33.8 Å². The Balaban J connectivity index is 0.00000180. The molecule has 1 aromatic rings. The van der Waals surface area contributed by atoms with E-state index in [1.54, 1.807) is 24.3 Å². The van der Waals surface area contributed by atoms with Crippen molar-refractivity contribution in [2.75, 3.05) is 18.8 Å². The lowest BCUT2D eigenvalue weighted by molar-refractivity contribution is 0.365. The van der Waals surface area contributed by atoms with Gasteiger partial charge in [0, 0.05) is 5.02 Å². The normalized spacial score (nSPS) is 16.9. The fourth-order valence-electron chi connectivity index (χ4n) is 2.25. The molecule has 1 heterocycles. The van der Waals surface area contributed by atoms with Crippen LogP contribution in [0.15, 0.2) is 29.2 Å². The molecule has 0 aliphatic carbocycles. The largest absolute Gasteiger partial charge is 0.317 e. The van der Waals surface area contributed by atoms with Gasteiger partial charge in [0.25, 0.3) is 0 Å². The van der Waals surface area contributed by atoms with Gasteiger partial charge in [-0.15, -0.1) is 12.4 Å². The summed E-state index contributed by atoms with van der Waals surface area (Å²) in [6, 6.07) is 6.41. The Labute approximate surface area is 126 Å². The maximum absolute atomic E-state index is 12.1. The molecule has 1 saturated heterocycles. The average Bonchev–Trinajstić information content (AvgIpc) is 2.38. The zero-order chi connectivity index (χ0) is 13.0. The number of halogens is 2. The first-order valence-corrected chi connectivity index (χ1v) is 8.30. The average molecular weight is 324 g/mol. The summed E-state index contributed by atoms with van der Waals surface area (Å²) in [6.07, 6.45) is 2.92. The van der Waals surface area contributed by atoms with Crippen LogP contribution < -0.4 is 5.32 Å². The maximum Gasteiger partial charge on any atom is 0.178 e. The van der Waals surface area contributed by atoms with Gasteiger partial charge in [-0.1, -0.05) is 11.6 Å². The van der Waals surface area contributed by atoms with Crippen molar-refractivity contribution < 1.29 is 8.42 Å². The topological polar surface area (TPSA) is 46.2 Å². The SMILES string of the molecule is Cl.O=S(=O)(CCC1CCNCC1)c1ccc(Cl)cc1. The highest BCUT2D eigenvalue weighted by atomic mass is 35.5. The second-order valence-corrected chi connectivity index (χ2v) is 7.30. The number of rotatable bonds is 4. The Morgan fingerprint density at radius 1 is 1.16 bits per heavy atom. The Hall–Kier alpha value is -0.290. The number of nitrogens with one attached hydrogen (secondary N) is 1. The third-order valence-corrected chi connectivity index (χ3v) is 5.44. The number of hydrogen-bond donors (Lipinski definition) is 1. The molecule has 1 N–H and O–H groups in total. The molecule has 1 fully saturated rings. The lowest BCUT2D eigenvalue weighted by Gasteiger charge is -2.22.